The van der Waals surface area contributed by atoms with Gasteiger partial charge >= 0.3 is 0 Å². The van der Waals surface area contributed by atoms with E-state index in [9.17, 15) is 0 Å². The topological polar surface area (TPSA) is 9.23 Å². The molecule has 1 aromatic carbocycles. The van der Waals surface area contributed by atoms with Crippen LogP contribution in [-0.2, 0) is 4.74 Å². The summed E-state index contributed by atoms with van der Waals surface area (Å²) in [7, 11) is 1.72. The van der Waals surface area contributed by atoms with E-state index in [1.54, 1.807) is 7.11 Å². The number of benzene rings is 1. The third kappa shape index (κ3) is 4.25. The van der Waals surface area contributed by atoms with Gasteiger partial charge in [-0.3, -0.25) is 0 Å². The monoisotopic (exact) mass is 240 g/mol. The highest BCUT2D eigenvalue weighted by Gasteiger charge is 1.87. The molecular weight excluding hydrogens is 228 g/mol. The number of halogens is 1. The van der Waals surface area contributed by atoms with E-state index >= 15 is 0 Å². The fourth-order valence-corrected chi connectivity index (χ4v) is 1.43. The van der Waals surface area contributed by atoms with Crippen molar-refractivity contribution in [3.8, 4) is 0 Å². The fourth-order valence-electron chi connectivity index (χ4n) is 1.02. The molecule has 0 atom stereocenters. The van der Waals surface area contributed by atoms with E-state index < -0.39 is 0 Å². The summed E-state index contributed by atoms with van der Waals surface area (Å²) in [6, 6.07) is 8.21. The van der Waals surface area contributed by atoms with Crippen molar-refractivity contribution in [2.24, 2.45) is 0 Å². The lowest BCUT2D eigenvalue weighted by Crippen LogP contribution is -1.83. The van der Waals surface area contributed by atoms with E-state index in [-0.39, 0.29) is 0 Å². The molecule has 0 aliphatic carbocycles. The third-order valence-corrected chi connectivity index (χ3v) is 2.14. The van der Waals surface area contributed by atoms with Crippen molar-refractivity contribution in [3.63, 3.8) is 0 Å². The molecule has 0 unspecified atom stereocenters. The summed E-state index contributed by atoms with van der Waals surface area (Å²) in [5.41, 5.74) is 1.21. The van der Waals surface area contributed by atoms with Gasteiger partial charge in [-0.15, -0.1) is 0 Å². The maximum Gasteiger partial charge on any atom is 0.0496 e. The Balaban J connectivity index is 2.48. The first-order valence-electron chi connectivity index (χ1n) is 4.24. The molecule has 0 saturated carbocycles. The molecule has 0 bridgehead atoms. The van der Waals surface area contributed by atoms with Crippen LogP contribution in [0.5, 0.6) is 0 Å². The van der Waals surface area contributed by atoms with Gasteiger partial charge in [0, 0.05) is 18.2 Å². The van der Waals surface area contributed by atoms with Crippen LogP contribution in [0.15, 0.2) is 34.8 Å². The van der Waals surface area contributed by atoms with E-state index in [2.05, 4.69) is 40.2 Å². The molecule has 1 aromatic rings. The van der Waals surface area contributed by atoms with Crippen LogP contribution in [0.25, 0.3) is 6.08 Å². The van der Waals surface area contributed by atoms with Gasteiger partial charge in [-0.05, 0) is 24.1 Å². The van der Waals surface area contributed by atoms with Crippen molar-refractivity contribution < 1.29 is 4.74 Å². The zero-order valence-corrected chi connectivity index (χ0v) is 9.25. The molecule has 0 aliphatic rings. The average molecular weight is 241 g/mol. The maximum atomic E-state index is 4.94. The second-order valence-corrected chi connectivity index (χ2v) is 3.65. The molecule has 1 nitrogen and oxygen atoms in total. The number of rotatable bonds is 4. The van der Waals surface area contributed by atoms with E-state index in [1.807, 2.05) is 12.1 Å². The summed E-state index contributed by atoms with van der Waals surface area (Å²) in [5.74, 6) is 0. The van der Waals surface area contributed by atoms with E-state index in [0.29, 0.717) is 0 Å². The van der Waals surface area contributed by atoms with E-state index in [0.717, 1.165) is 17.5 Å². The van der Waals surface area contributed by atoms with Crippen LogP contribution >= 0.6 is 15.9 Å². The zero-order chi connectivity index (χ0) is 9.52. The molecule has 0 heterocycles. The van der Waals surface area contributed by atoms with Crippen molar-refractivity contribution in [3.05, 3.63) is 40.4 Å². The first-order valence-corrected chi connectivity index (χ1v) is 5.03. The average Bonchev–Trinajstić information content (AvgIpc) is 2.13. The van der Waals surface area contributed by atoms with Crippen molar-refractivity contribution in [2.75, 3.05) is 13.7 Å². The Morgan fingerprint density at radius 3 is 3.00 bits per heavy atom. The highest BCUT2D eigenvalue weighted by molar-refractivity contribution is 9.10. The predicted molar refractivity (Wildman–Crippen MR) is 59.7 cm³/mol. The summed E-state index contributed by atoms with van der Waals surface area (Å²) < 4.78 is 6.06. The van der Waals surface area contributed by atoms with Gasteiger partial charge in [0.15, 0.2) is 0 Å². The van der Waals surface area contributed by atoms with Crippen LogP contribution in [0, 0.1) is 0 Å². The minimum Gasteiger partial charge on any atom is -0.384 e. The minimum atomic E-state index is 0.782. The Morgan fingerprint density at radius 2 is 2.31 bits per heavy atom. The molecule has 13 heavy (non-hydrogen) atoms. The van der Waals surface area contributed by atoms with Crippen LogP contribution in [0.1, 0.15) is 12.0 Å². The van der Waals surface area contributed by atoms with Crippen LogP contribution in [0.3, 0.4) is 0 Å². The lowest BCUT2D eigenvalue weighted by Gasteiger charge is -1.94. The zero-order valence-electron chi connectivity index (χ0n) is 7.66. The van der Waals surface area contributed by atoms with E-state index in [1.165, 1.54) is 5.56 Å². The number of hydrogen-bond donors (Lipinski definition) is 0. The van der Waals surface area contributed by atoms with Gasteiger partial charge in [0.1, 0.15) is 0 Å². The molecule has 0 spiro atoms. The number of methoxy groups -OCH3 is 1. The van der Waals surface area contributed by atoms with Gasteiger partial charge in [-0.25, -0.2) is 0 Å². The molecule has 0 saturated heterocycles. The summed E-state index contributed by atoms with van der Waals surface area (Å²) in [6.07, 6.45) is 5.18. The Kier molecular flexibility index (Phi) is 4.79. The minimum absolute atomic E-state index is 0.782. The summed E-state index contributed by atoms with van der Waals surface area (Å²) >= 11 is 3.43. The fraction of sp³-hybridized carbons (Fsp3) is 0.273. The second kappa shape index (κ2) is 5.95. The summed E-state index contributed by atoms with van der Waals surface area (Å²) in [5, 5.41) is 0. The molecule has 0 radical (unpaired) electrons. The second-order valence-electron chi connectivity index (χ2n) is 2.74. The van der Waals surface area contributed by atoms with Crippen molar-refractivity contribution in [1.29, 1.82) is 0 Å². The van der Waals surface area contributed by atoms with Gasteiger partial charge in [-0.1, -0.05) is 40.2 Å². The van der Waals surface area contributed by atoms with Gasteiger partial charge in [0.25, 0.3) is 0 Å². The molecule has 0 N–H and O–H groups in total. The summed E-state index contributed by atoms with van der Waals surface area (Å²) in [4.78, 5) is 0. The molecule has 0 aromatic heterocycles. The van der Waals surface area contributed by atoms with Crippen LogP contribution in [-0.4, -0.2) is 13.7 Å². The smallest absolute Gasteiger partial charge is 0.0496 e. The largest absolute Gasteiger partial charge is 0.384 e. The van der Waals surface area contributed by atoms with E-state index in [4.69, 9.17) is 4.74 Å². The van der Waals surface area contributed by atoms with Crippen LogP contribution in [0.4, 0.5) is 0 Å². The Labute approximate surface area is 87.5 Å². The third-order valence-electron chi connectivity index (χ3n) is 1.65. The van der Waals surface area contributed by atoms with Crippen LogP contribution in [0.2, 0.25) is 0 Å². The van der Waals surface area contributed by atoms with Crippen molar-refractivity contribution >= 4 is 22.0 Å². The molecular formula is C11H13BrO. The van der Waals surface area contributed by atoms with Gasteiger partial charge < -0.3 is 4.74 Å². The number of hydrogen-bond acceptors (Lipinski definition) is 1. The van der Waals surface area contributed by atoms with Crippen LogP contribution < -0.4 is 0 Å². The highest BCUT2D eigenvalue weighted by Crippen LogP contribution is 2.12. The first-order chi connectivity index (χ1) is 6.33. The SMILES string of the molecule is COCCC=Cc1cccc(Br)c1. The standard InChI is InChI=1S/C11H13BrO/c1-13-8-3-2-5-10-6-4-7-11(12)9-10/h2,4-7,9H,3,8H2,1H3. The Bertz CT molecular complexity index is 281. The van der Waals surface area contributed by atoms with Gasteiger partial charge in [-0.2, -0.15) is 0 Å². The predicted octanol–water partition coefficient (Wildman–Crippen LogP) is 3.50. The Hall–Kier alpha value is -0.600. The number of ether oxygens (including phenoxy) is 1. The normalized spacial score (nSPS) is 10.9. The van der Waals surface area contributed by atoms with Gasteiger partial charge in [0.05, 0.1) is 0 Å². The lowest BCUT2D eigenvalue weighted by atomic mass is 10.2. The lowest BCUT2D eigenvalue weighted by molar-refractivity contribution is 0.204. The molecule has 0 fully saturated rings. The van der Waals surface area contributed by atoms with Crippen molar-refractivity contribution in [2.45, 2.75) is 6.42 Å². The maximum absolute atomic E-state index is 4.94. The molecule has 1 rings (SSSR count). The Morgan fingerprint density at radius 1 is 1.46 bits per heavy atom. The highest BCUT2D eigenvalue weighted by atomic mass is 79.9. The molecule has 2 heteroatoms. The van der Waals surface area contributed by atoms with Gasteiger partial charge in [0.2, 0.25) is 0 Å². The molecule has 0 amide bonds. The quantitative estimate of drug-likeness (QED) is 0.733. The summed E-state index contributed by atoms with van der Waals surface area (Å²) in [6.45, 7) is 0.782. The molecule has 0 aliphatic heterocycles. The molecule has 70 valence electrons. The first kappa shape index (κ1) is 10.5. The van der Waals surface area contributed by atoms with Crippen molar-refractivity contribution in [1.82, 2.24) is 0 Å².